The molecule has 7 nitrogen and oxygen atoms in total. The molecule has 0 fully saturated rings. The second-order valence-corrected chi connectivity index (χ2v) is 6.84. The molecule has 4 rings (SSSR count). The predicted molar refractivity (Wildman–Crippen MR) is 108 cm³/mol. The summed E-state index contributed by atoms with van der Waals surface area (Å²) < 4.78 is 10.9. The Balaban J connectivity index is 1.64. The molecule has 0 radical (unpaired) electrons. The van der Waals surface area contributed by atoms with Crippen molar-refractivity contribution in [3.8, 4) is 28.8 Å². The zero-order chi connectivity index (χ0) is 20.1. The van der Waals surface area contributed by atoms with Crippen molar-refractivity contribution in [2.45, 2.75) is 5.03 Å². The number of carbonyl (C=O) groups is 1. The fraction of sp³-hybridized carbons (Fsp3) is 0.0476. The molecule has 0 aliphatic rings. The molecule has 0 unspecified atom stereocenters. The Morgan fingerprint density at radius 2 is 1.72 bits per heavy atom. The van der Waals surface area contributed by atoms with E-state index in [9.17, 15) is 10.1 Å². The summed E-state index contributed by atoms with van der Waals surface area (Å²) in [6, 6.07) is 18.2. The average Bonchev–Trinajstić information content (AvgIpc) is 3.46. The lowest BCUT2D eigenvalue weighted by atomic mass is 10.0. The molecule has 8 heteroatoms. The van der Waals surface area contributed by atoms with Crippen molar-refractivity contribution in [3.63, 3.8) is 0 Å². The van der Waals surface area contributed by atoms with E-state index in [-0.39, 0.29) is 17.2 Å². The van der Waals surface area contributed by atoms with E-state index in [4.69, 9.17) is 8.83 Å². The molecule has 0 aliphatic carbocycles. The quantitative estimate of drug-likeness (QED) is 0.470. The highest BCUT2D eigenvalue weighted by atomic mass is 32.2. The maximum absolute atomic E-state index is 12.3. The van der Waals surface area contributed by atoms with Crippen molar-refractivity contribution >= 4 is 23.4 Å². The van der Waals surface area contributed by atoms with Gasteiger partial charge in [0.25, 0.3) is 0 Å². The fourth-order valence-corrected chi connectivity index (χ4v) is 3.46. The van der Waals surface area contributed by atoms with Crippen molar-refractivity contribution in [3.05, 3.63) is 72.7 Å². The third-order valence-electron chi connectivity index (χ3n) is 3.97. The van der Waals surface area contributed by atoms with E-state index in [0.717, 1.165) is 11.8 Å². The van der Waals surface area contributed by atoms with Gasteiger partial charge in [-0.05, 0) is 36.4 Å². The molecular weight excluding hydrogens is 388 g/mol. The first-order chi connectivity index (χ1) is 14.3. The van der Waals surface area contributed by atoms with Gasteiger partial charge < -0.3 is 14.2 Å². The van der Waals surface area contributed by atoms with Crippen LogP contribution in [0.15, 0.2) is 81.0 Å². The van der Waals surface area contributed by atoms with Gasteiger partial charge >= 0.3 is 0 Å². The summed E-state index contributed by atoms with van der Waals surface area (Å²) >= 11 is 1.14. The van der Waals surface area contributed by atoms with Crippen LogP contribution in [0.4, 0.5) is 5.69 Å². The summed E-state index contributed by atoms with van der Waals surface area (Å²) in [5.41, 5.74) is 1.86. The number of furan rings is 2. The number of carbonyl (C=O) groups excluding carboxylic acids is 1. The van der Waals surface area contributed by atoms with E-state index in [1.807, 2.05) is 18.2 Å². The van der Waals surface area contributed by atoms with Crippen molar-refractivity contribution in [2.75, 3.05) is 11.1 Å². The van der Waals surface area contributed by atoms with Crippen molar-refractivity contribution in [1.82, 2.24) is 10.2 Å². The number of benzene rings is 1. The first kappa shape index (κ1) is 18.5. The van der Waals surface area contributed by atoms with Crippen LogP contribution in [-0.4, -0.2) is 21.9 Å². The number of para-hydroxylation sites is 1. The number of rotatable bonds is 6. The van der Waals surface area contributed by atoms with Crippen LogP contribution < -0.4 is 5.32 Å². The van der Waals surface area contributed by atoms with Crippen molar-refractivity contribution in [2.24, 2.45) is 0 Å². The number of hydrogen-bond donors (Lipinski definition) is 1. The maximum atomic E-state index is 12.3. The Bertz CT molecular complexity index is 1150. The van der Waals surface area contributed by atoms with Crippen LogP contribution in [0.2, 0.25) is 0 Å². The zero-order valence-electron chi connectivity index (χ0n) is 15.0. The van der Waals surface area contributed by atoms with Crippen LogP contribution in [0.1, 0.15) is 5.56 Å². The van der Waals surface area contributed by atoms with Crippen LogP contribution >= 0.6 is 11.8 Å². The molecule has 1 amide bonds. The normalized spacial score (nSPS) is 10.4. The van der Waals surface area contributed by atoms with Gasteiger partial charge in [-0.3, -0.25) is 4.79 Å². The lowest BCUT2D eigenvalue weighted by molar-refractivity contribution is -0.113. The summed E-state index contributed by atoms with van der Waals surface area (Å²) in [5, 5.41) is 21.4. The SMILES string of the molecule is N#Cc1c(SCC(=O)Nc2ccccc2)nnc(-c2ccco2)c1-c1ccco1. The number of nitrogens with one attached hydrogen (secondary N) is 1. The van der Waals surface area contributed by atoms with Gasteiger partial charge in [0.1, 0.15) is 22.5 Å². The zero-order valence-corrected chi connectivity index (χ0v) is 15.8. The van der Waals surface area contributed by atoms with Gasteiger partial charge in [0, 0.05) is 5.69 Å². The predicted octanol–water partition coefficient (Wildman–Crippen LogP) is 4.60. The van der Waals surface area contributed by atoms with E-state index in [2.05, 4.69) is 21.6 Å². The molecule has 0 aliphatic heterocycles. The molecule has 3 heterocycles. The number of hydrogen-bond acceptors (Lipinski definition) is 7. The summed E-state index contributed by atoms with van der Waals surface area (Å²) in [7, 11) is 0. The van der Waals surface area contributed by atoms with E-state index in [1.165, 1.54) is 12.5 Å². The minimum Gasteiger partial charge on any atom is -0.464 e. The fourth-order valence-electron chi connectivity index (χ4n) is 2.72. The molecule has 0 saturated carbocycles. The van der Waals surface area contributed by atoms with E-state index in [0.29, 0.717) is 33.5 Å². The molecule has 0 saturated heterocycles. The third kappa shape index (κ3) is 4.05. The van der Waals surface area contributed by atoms with E-state index in [1.54, 1.807) is 36.4 Å². The van der Waals surface area contributed by atoms with Gasteiger partial charge in [0.2, 0.25) is 5.91 Å². The molecular formula is C21H14N4O3S. The number of nitriles is 1. The van der Waals surface area contributed by atoms with Crippen LogP contribution in [0.5, 0.6) is 0 Å². The highest BCUT2D eigenvalue weighted by Gasteiger charge is 2.23. The Morgan fingerprint density at radius 1 is 1.00 bits per heavy atom. The summed E-state index contributed by atoms with van der Waals surface area (Å²) in [4.78, 5) is 12.3. The summed E-state index contributed by atoms with van der Waals surface area (Å²) in [6.45, 7) is 0. The highest BCUT2D eigenvalue weighted by molar-refractivity contribution is 8.00. The van der Waals surface area contributed by atoms with Crippen LogP contribution in [-0.2, 0) is 4.79 Å². The second kappa shape index (κ2) is 8.46. The molecule has 142 valence electrons. The highest BCUT2D eigenvalue weighted by Crippen LogP contribution is 2.37. The first-order valence-electron chi connectivity index (χ1n) is 8.62. The molecule has 1 aromatic carbocycles. The van der Waals surface area contributed by atoms with Gasteiger partial charge in [-0.1, -0.05) is 30.0 Å². The van der Waals surface area contributed by atoms with E-state index < -0.39 is 0 Å². The molecule has 0 bridgehead atoms. The van der Waals surface area contributed by atoms with Gasteiger partial charge in [-0.15, -0.1) is 10.2 Å². The average molecular weight is 402 g/mol. The van der Waals surface area contributed by atoms with Crippen molar-refractivity contribution in [1.29, 1.82) is 5.26 Å². The standard InChI is InChI=1S/C21H14N4O3S/c22-12-15-19(16-8-4-10-27-16)20(17-9-5-11-28-17)24-25-21(15)29-13-18(26)23-14-6-2-1-3-7-14/h1-11H,13H2,(H,23,26). The number of aromatic nitrogens is 2. The third-order valence-corrected chi connectivity index (χ3v) is 4.94. The molecule has 29 heavy (non-hydrogen) atoms. The summed E-state index contributed by atoms with van der Waals surface area (Å²) in [5.74, 6) is 0.814. The number of amides is 1. The minimum atomic E-state index is -0.207. The van der Waals surface area contributed by atoms with Gasteiger partial charge in [0.15, 0.2) is 5.76 Å². The Labute approximate surface area is 170 Å². The van der Waals surface area contributed by atoms with E-state index >= 15 is 0 Å². The van der Waals surface area contributed by atoms with Crippen LogP contribution in [0, 0.1) is 11.3 Å². The second-order valence-electron chi connectivity index (χ2n) is 5.87. The van der Waals surface area contributed by atoms with Gasteiger partial charge in [0.05, 0.1) is 29.4 Å². The van der Waals surface area contributed by atoms with Crippen LogP contribution in [0.25, 0.3) is 22.8 Å². The Hall–Kier alpha value is -3.83. The number of thioether (sulfide) groups is 1. The number of nitrogens with zero attached hydrogens (tertiary/aromatic N) is 3. The number of anilines is 1. The van der Waals surface area contributed by atoms with Gasteiger partial charge in [-0.2, -0.15) is 5.26 Å². The van der Waals surface area contributed by atoms with Crippen LogP contribution in [0.3, 0.4) is 0 Å². The Morgan fingerprint density at radius 3 is 2.38 bits per heavy atom. The smallest absolute Gasteiger partial charge is 0.234 e. The lowest BCUT2D eigenvalue weighted by Gasteiger charge is -2.10. The molecule has 0 spiro atoms. The summed E-state index contributed by atoms with van der Waals surface area (Å²) in [6.07, 6.45) is 3.04. The molecule has 0 atom stereocenters. The largest absolute Gasteiger partial charge is 0.464 e. The topological polar surface area (TPSA) is 105 Å². The maximum Gasteiger partial charge on any atom is 0.234 e. The Kier molecular flexibility index (Phi) is 5.40. The van der Waals surface area contributed by atoms with Crippen molar-refractivity contribution < 1.29 is 13.6 Å². The molecule has 3 aromatic heterocycles. The first-order valence-corrected chi connectivity index (χ1v) is 9.61. The minimum absolute atomic E-state index is 0.0793. The van der Waals surface area contributed by atoms with Gasteiger partial charge in [-0.25, -0.2) is 0 Å². The molecule has 4 aromatic rings. The molecule has 1 N–H and O–H groups in total. The lowest BCUT2D eigenvalue weighted by Crippen LogP contribution is -2.14. The monoisotopic (exact) mass is 402 g/mol.